The van der Waals surface area contributed by atoms with E-state index in [-0.39, 0.29) is 23.7 Å². The van der Waals surface area contributed by atoms with Gasteiger partial charge in [-0.05, 0) is 37.1 Å². The average molecular weight is 353 g/mol. The van der Waals surface area contributed by atoms with Crippen LogP contribution >= 0.6 is 0 Å². The largest absolute Gasteiger partial charge is 0.340 e. The Morgan fingerprint density at radius 1 is 1.31 bits per heavy atom. The summed E-state index contributed by atoms with van der Waals surface area (Å²) in [5, 5.41) is 0. The number of halogens is 1. The number of H-pyrrole nitrogens is 1. The first-order valence-corrected chi connectivity index (χ1v) is 8.82. The highest BCUT2D eigenvalue weighted by atomic mass is 19.1. The number of imidazole rings is 1. The summed E-state index contributed by atoms with van der Waals surface area (Å²) >= 11 is 0. The zero-order valence-electron chi connectivity index (χ0n) is 14.7. The summed E-state index contributed by atoms with van der Waals surface area (Å²) < 4.78 is 13.4. The molecule has 0 radical (unpaired) electrons. The van der Waals surface area contributed by atoms with Gasteiger partial charge in [0.2, 0.25) is 0 Å². The van der Waals surface area contributed by atoms with Crippen molar-refractivity contribution >= 4 is 16.9 Å². The smallest absolute Gasteiger partial charge is 0.273 e. The number of fused-ring (bicyclic) bond motifs is 1. The third-order valence-corrected chi connectivity index (χ3v) is 4.70. The molecular weight excluding hydrogens is 333 g/mol. The summed E-state index contributed by atoms with van der Waals surface area (Å²) in [4.78, 5) is 31.2. The number of nitrogens with one attached hydrogen (secondary N) is 1. The Morgan fingerprint density at radius 2 is 2.15 bits per heavy atom. The monoisotopic (exact) mass is 353 g/mol. The van der Waals surface area contributed by atoms with Gasteiger partial charge in [0.25, 0.3) is 5.91 Å². The first-order valence-electron chi connectivity index (χ1n) is 8.82. The van der Waals surface area contributed by atoms with Crippen molar-refractivity contribution < 1.29 is 9.18 Å². The number of amides is 1. The molecule has 3 aromatic rings. The molecular formula is C19H20FN5O. The van der Waals surface area contributed by atoms with Crippen LogP contribution in [0.2, 0.25) is 0 Å². The van der Waals surface area contributed by atoms with Crippen molar-refractivity contribution in [2.24, 2.45) is 0 Å². The molecule has 0 aliphatic carbocycles. The van der Waals surface area contributed by atoms with E-state index in [4.69, 9.17) is 0 Å². The molecule has 1 amide bonds. The van der Waals surface area contributed by atoms with Crippen molar-refractivity contribution in [2.45, 2.75) is 38.6 Å². The molecule has 6 nitrogen and oxygen atoms in total. The highest BCUT2D eigenvalue weighted by molar-refractivity contribution is 5.92. The minimum Gasteiger partial charge on any atom is -0.340 e. The fourth-order valence-corrected chi connectivity index (χ4v) is 3.37. The summed E-state index contributed by atoms with van der Waals surface area (Å²) in [7, 11) is 0. The second kappa shape index (κ2) is 6.48. The zero-order valence-corrected chi connectivity index (χ0v) is 14.7. The molecule has 134 valence electrons. The van der Waals surface area contributed by atoms with Gasteiger partial charge in [0, 0.05) is 18.7 Å². The Labute approximate surface area is 150 Å². The van der Waals surface area contributed by atoms with Crippen LogP contribution in [0.3, 0.4) is 0 Å². The number of likely N-dealkylation sites (tertiary alicyclic amines) is 1. The predicted molar refractivity (Wildman–Crippen MR) is 95.2 cm³/mol. The molecule has 1 aliphatic rings. The van der Waals surface area contributed by atoms with Gasteiger partial charge < -0.3 is 9.88 Å². The second-order valence-electron chi connectivity index (χ2n) is 6.89. The number of carbonyl (C=O) groups is 1. The molecule has 0 saturated carbocycles. The van der Waals surface area contributed by atoms with Gasteiger partial charge in [0.1, 0.15) is 23.2 Å². The summed E-state index contributed by atoms with van der Waals surface area (Å²) in [5.41, 5.74) is 1.74. The third kappa shape index (κ3) is 2.94. The zero-order chi connectivity index (χ0) is 18.3. The van der Waals surface area contributed by atoms with E-state index in [0.29, 0.717) is 34.9 Å². The van der Waals surface area contributed by atoms with Crippen molar-refractivity contribution in [3.63, 3.8) is 0 Å². The molecule has 1 N–H and O–H groups in total. The molecule has 1 saturated heterocycles. The molecule has 26 heavy (non-hydrogen) atoms. The Balaban J connectivity index is 1.65. The highest BCUT2D eigenvalue weighted by Crippen LogP contribution is 2.32. The molecule has 0 spiro atoms. The Bertz CT molecular complexity index is 967. The van der Waals surface area contributed by atoms with E-state index >= 15 is 0 Å². The van der Waals surface area contributed by atoms with Gasteiger partial charge in [-0.15, -0.1) is 0 Å². The molecule has 0 bridgehead atoms. The van der Waals surface area contributed by atoms with Crippen LogP contribution in [0.5, 0.6) is 0 Å². The lowest BCUT2D eigenvalue weighted by molar-refractivity contribution is 0.0724. The van der Waals surface area contributed by atoms with Gasteiger partial charge >= 0.3 is 0 Å². The topological polar surface area (TPSA) is 74.8 Å². The van der Waals surface area contributed by atoms with Gasteiger partial charge in [0.15, 0.2) is 0 Å². The quantitative estimate of drug-likeness (QED) is 0.781. The number of aromatic amines is 1. The maximum Gasteiger partial charge on any atom is 0.273 e. The fraction of sp³-hybridized carbons (Fsp3) is 0.368. The van der Waals surface area contributed by atoms with E-state index in [1.165, 1.54) is 12.1 Å². The number of nitrogens with zero attached hydrogens (tertiary/aromatic N) is 4. The van der Waals surface area contributed by atoms with Crippen molar-refractivity contribution in [3.05, 3.63) is 53.6 Å². The van der Waals surface area contributed by atoms with Crippen LogP contribution in [0.15, 0.2) is 30.5 Å². The molecule has 1 atom stereocenters. The molecule has 4 rings (SSSR count). The second-order valence-corrected chi connectivity index (χ2v) is 6.89. The van der Waals surface area contributed by atoms with Gasteiger partial charge in [-0.3, -0.25) is 4.79 Å². The van der Waals surface area contributed by atoms with Gasteiger partial charge in [-0.25, -0.2) is 19.3 Å². The Kier molecular flexibility index (Phi) is 4.14. The van der Waals surface area contributed by atoms with E-state index in [1.807, 2.05) is 13.8 Å². The molecule has 3 heterocycles. The third-order valence-electron chi connectivity index (χ3n) is 4.70. The number of rotatable bonds is 3. The van der Waals surface area contributed by atoms with Crippen LogP contribution in [0.1, 0.15) is 60.8 Å². The lowest BCUT2D eigenvalue weighted by atomic mass is 10.2. The SMILES string of the molecule is CC(C)c1nccc(C(=O)N2CCC[C@@H]2c2nc3ccc(F)cc3[nH]2)n1. The van der Waals surface area contributed by atoms with E-state index in [2.05, 4.69) is 19.9 Å². The minimum atomic E-state index is -0.311. The van der Waals surface area contributed by atoms with Crippen LogP contribution in [0.4, 0.5) is 4.39 Å². The number of hydrogen-bond acceptors (Lipinski definition) is 4. The first kappa shape index (κ1) is 16.6. The van der Waals surface area contributed by atoms with Crippen LogP contribution in [0.25, 0.3) is 11.0 Å². The van der Waals surface area contributed by atoms with Crippen molar-refractivity contribution in [2.75, 3.05) is 6.54 Å². The minimum absolute atomic E-state index is 0.122. The van der Waals surface area contributed by atoms with Crippen molar-refractivity contribution in [1.82, 2.24) is 24.8 Å². The van der Waals surface area contributed by atoms with Crippen LogP contribution < -0.4 is 0 Å². The van der Waals surface area contributed by atoms with Gasteiger partial charge in [0.05, 0.1) is 17.1 Å². The highest BCUT2D eigenvalue weighted by Gasteiger charge is 2.33. The van der Waals surface area contributed by atoms with E-state index in [0.717, 1.165) is 12.8 Å². The van der Waals surface area contributed by atoms with Crippen molar-refractivity contribution in [3.8, 4) is 0 Å². The fourth-order valence-electron chi connectivity index (χ4n) is 3.37. The van der Waals surface area contributed by atoms with Crippen LogP contribution in [-0.4, -0.2) is 37.3 Å². The summed E-state index contributed by atoms with van der Waals surface area (Å²) in [6, 6.07) is 5.95. The maximum absolute atomic E-state index is 13.4. The summed E-state index contributed by atoms with van der Waals surface area (Å²) in [6.45, 7) is 4.64. The number of hydrogen-bond donors (Lipinski definition) is 1. The Morgan fingerprint density at radius 3 is 2.96 bits per heavy atom. The average Bonchev–Trinajstić information content (AvgIpc) is 3.27. The van der Waals surface area contributed by atoms with E-state index < -0.39 is 0 Å². The van der Waals surface area contributed by atoms with Crippen LogP contribution in [0, 0.1) is 5.82 Å². The molecule has 2 aromatic heterocycles. The van der Waals surface area contributed by atoms with E-state index in [9.17, 15) is 9.18 Å². The lowest BCUT2D eigenvalue weighted by Gasteiger charge is -2.23. The van der Waals surface area contributed by atoms with E-state index in [1.54, 1.807) is 23.2 Å². The van der Waals surface area contributed by atoms with Gasteiger partial charge in [-0.1, -0.05) is 13.8 Å². The Hall–Kier alpha value is -2.83. The molecule has 0 unspecified atom stereocenters. The summed E-state index contributed by atoms with van der Waals surface area (Å²) in [5.74, 6) is 1.07. The molecule has 1 aliphatic heterocycles. The number of benzene rings is 1. The number of aromatic nitrogens is 4. The predicted octanol–water partition coefficient (Wildman–Crippen LogP) is 3.59. The van der Waals surface area contributed by atoms with Crippen molar-refractivity contribution in [1.29, 1.82) is 0 Å². The number of carbonyl (C=O) groups excluding carboxylic acids is 1. The summed E-state index contributed by atoms with van der Waals surface area (Å²) in [6.07, 6.45) is 3.34. The maximum atomic E-state index is 13.4. The van der Waals surface area contributed by atoms with Gasteiger partial charge in [-0.2, -0.15) is 0 Å². The molecule has 7 heteroatoms. The first-order chi connectivity index (χ1) is 12.5. The normalized spacial score (nSPS) is 17.4. The molecule has 1 aromatic carbocycles. The lowest BCUT2D eigenvalue weighted by Crippen LogP contribution is -2.32. The standard InChI is InChI=1S/C19H20FN5O/c1-11(2)17-21-8-7-14(23-17)19(26)25-9-3-4-16(25)18-22-13-6-5-12(20)10-15(13)24-18/h5-8,10-11,16H,3-4,9H2,1-2H3,(H,22,24)/t16-/m1/s1. The van der Waals surface area contributed by atoms with Crippen LogP contribution in [-0.2, 0) is 0 Å². The molecule has 1 fully saturated rings.